The average molecular weight is 576 g/mol. The van der Waals surface area contributed by atoms with Crippen LogP contribution in [0, 0.1) is 5.92 Å². The smallest absolute Gasteiger partial charge is 0.325 e. The Kier molecular flexibility index (Phi) is 11.1. The third-order valence-corrected chi connectivity index (χ3v) is 7.67. The Morgan fingerprint density at radius 3 is 2.29 bits per heavy atom. The summed E-state index contributed by atoms with van der Waals surface area (Å²) in [4.78, 5) is 26.0. The van der Waals surface area contributed by atoms with E-state index in [0.717, 1.165) is 16.7 Å². The number of likely N-dealkylation sites (N-methyl/N-ethyl adjacent to an activating group) is 1. The fraction of sp³-hybridized carbons (Fsp3) is 0.394. The van der Waals surface area contributed by atoms with E-state index in [1.54, 1.807) is 19.1 Å². The zero-order chi connectivity index (χ0) is 30.1. The topological polar surface area (TPSA) is 109 Å². The molecule has 1 aliphatic heterocycles. The van der Waals surface area contributed by atoms with Crippen molar-refractivity contribution < 1.29 is 28.9 Å². The number of aliphatic hydroxyl groups is 1. The van der Waals surface area contributed by atoms with Gasteiger partial charge < -0.3 is 30.0 Å². The summed E-state index contributed by atoms with van der Waals surface area (Å²) in [7, 11) is 2.11. The molecule has 3 aromatic carbocycles. The molecule has 2 amide bonds. The van der Waals surface area contributed by atoms with Gasteiger partial charge in [0.1, 0.15) is 6.54 Å². The van der Waals surface area contributed by atoms with Crippen molar-refractivity contribution in [2.75, 3.05) is 32.1 Å². The highest BCUT2D eigenvalue weighted by molar-refractivity contribution is 5.91. The quantitative estimate of drug-likeness (QED) is 0.265. The number of nitrogens with zero attached hydrogens (tertiary/aromatic N) is 1. The normalized spacial score (nSPS) is 21.0. The number of urea groups is 1. The van der Waals surface area contributed by atoms with Crippen LogP contribution in [0.25, 0.3) is 0 Å². The van der Waals surface area contributed by atoms with Crippen LogP contribution in [-0.2, 0) is 25.6 Å². The SMILES string of the molecule is CCOC(=O)CNC(=O)Nc1ccc([C@H]2O[C@@H](CN(C)[C@@H](C)c3ccccc3)[C@@H](C)[C@@H](c3ccc(CO)cc3)O2)cc1. The van der Waals surface area contributed by atoms with Crippen molar-refractivity contribution in [3.63, 3.8) is 0 Å². The number of benzene rings is 3. The molecule has 3 N–H and O–H groups in total. The number of esters is 1. The summed E-state index contributed by atoms with van der Waals surface area (Å²) in [5.74, 6) is -0.446. The Hall–Kier alpha value is -3.76. The highest BCUT2D eigenvalue weighted by Crippen LogP contribution is 2.42. The van der Waals surface area contributed by atoms with E-state index >= 15 is 0 Å². The second kappa shape index (κ2) is 14.9. The summed E-state index contributed by atoms with van der Waals surface area (Å²) >= 11 is 0. The molecule has 0 aliphatic carbocycles. The standard InChI is InChI=1S/C33H41N3O6/c1-5-40-30(38)19-34-33(39)35-28-17-15-27(16-18-28)32-41-29(20-36(4)23(3)25-9-7-6-8-10-25)22(2)31(42-32)26-13-11-24(21-37)12-14-26/h6-18,22-23,29,31-32,37H,5,19-21H2,1-4H3,(H2,34,35,39)/t22-,23+,29+,31+,32+/m1/s1. The number of rotatable bonds is 11. The van der Waals surface area contributed by atoms with Crippen LogP contribution in [-0.4, -0.2) is 54.9 Å². The van der Waals surface area contributed by atoms with Crippen LogP contribution in [0.1, 0.15) is 61.5 Å². The maximum atomic E-state index is 12.2. The van der Waals surface area contributed by atoms with Gasteiger partial charge >= 0.3 is 12.0 Å². The lowest BCUT2D eigenvalue weighted by atomic mass is 9.89. The van der Waals surface area contributed by atoms with E-state index in [1.165, 1.54) is 5.56 Å². The van der Waals surface area contributed by atoms with Gasteiger partial charge in [-0.2, -0.15) is 0 Å². The van der Waals surface area contributed by atoms with E-state index in [4.69, 9.17) is 14.2 Å². The van der Waals surface area contributed by atoms with Crippen LogP contribution in [0.5, 0.6) is 0 Å². The van der Waals surface area contributed by atoms with Gasteiger partial charge in [0.25, 0.3) is 0 Å². The molecule has 5 atom stereocenters. The van der Waals surface area contributed by atoms with Gasteiger partial charge in [-0.25, -0.2) is 4.79 Å². The Bertz CT molecular complexity index is 1290. The van der Waals surface area contributed by atoms with Crippen LogP contribution in [0.4, 0.5) is 10.5 Å². The van der Waals surface area contributed by atoms with Crippen LogP contribution in [0.15, 0.2) is 78.9 Å². The predicted molar refractivity (Wildman–Crippen MR) is 161 cm³/mol. The third-order valence-electron chi connectivity index (χ3n) is 7.67. The molecule has 0 spiro atoms. The van der Waals surface area contributed by atoms with E-state index in [0.29, 0.717) is 12.2 Å². The summed E-state index contributed by atoms with van der Waals surface area (Å²) < 4.78 is 18.0. The lowest BCUT2D eigenvalue weighted by Crippen LogP contribution is -2.44. The molecule has 3 aromatic rings. The summed E-state index contributed by atoms with van der Waals surface area (Å²) in [6.07, 6.45) is -0.983. The maximum Gasteiger partial charge on any atom is 0.325 e. The van der Waals surface area contributed by atoms with Crippen molar-refractivity contribution in [2.45, 2.75) is 51.9 Å². The third kappa shape index (κ3) is 8.17. The minimum atomic E-state index is -0.624. The molecule has 0 radical (unpaired) electrons. The van der Waals surface area contributed by atoms with E-state index < -0.39 is 18.3 Å². The van der Waals surface area contributed by atoms with Gasteiger partial charge in [0.15, 0.2) is 6.29 Å². The van der Waals surface area contributed by atoms with Crippen LogP contribution < -0.4 is 10.6 Å². The number of anilines is 1. The molecule has 1 fully saturated rings. The van der Waals surface area contributed by atoms with Gasteiger partial charge in [0.2, 0.25) is 0 Å². The van der Waals surface area contributed by atoms with Gasteiger partial charge in [-0.1, -0.05) is 73.7 Å². The number of hydrogen-bond acceptors (Lipinski definition) is 7. The second-order valence-electron chi connectivity index (χ2n) is 10.6. The summed E-state index contributed by atoms with van der Waals surface area (Å²) in [6, 6.07) is 25.2. The molecule has 1 saturated heterocycles. The van der Waals surface area contributed by atoms with Gasteiger partial charge in [0, 0.05) is 29.8 Å². The molecule has 4 rings (SSSR count). The number of amides is 2. The second-order valence-corrected chi connectivity index (χ2v) is 10.6. The van der Waals surface area contributed by atoms with Crippen LogP contribution >= 0.6 is 0 Å². The first-order valence-electron chi connectivity index (χ1n) is 14.3. The van der Waals surface area contributed by atoms with Crippen molar-refractivity contribution in [1.29, 1.82) is 0 Å². The molecule has 1 heterocycles. The van der Waals surface area contributed by atoms with Gasteiger partial charge in [-0.05, 0) is 49.7 Å². The highest BCUT2D eigenvalue weighted by atomic mass is 16.7. The zero-order valence-corrected chi connectivity index (χ0v) is 24.7. The predicted octanol–water partition coefficient (Wildman–Crippen LogP) is 5.35. The molecular weight excluding hydrogens is 534 g/mol. The molecule has 1 aliphatic rings. The van der Waals surface area contributed by atoms with Crippen molar-refractivity contribution >= 4 is 17.7 Å². The van der Waals surface area contributed by atoms with Crippen molar-refractivity contribution in [3.05, 3.63) is 101 Å². The minimum Gasteiger partial charge on any atom is -0.465 e. The summed E-state index contributed by atoms with van der Waals surface area (Å²) in [5, 5.41) is 14.7. The van der Waals surface area contributed by atoms with Gasteiger partial charge in [-0.15, -0.1) is 0 Å². The Labute approximate surface area is 247 Å². The van der Waals surface area contributed by atoms with Crippen LogP contribution in [0.3, 0.4) is 0 Å². The molecule has 0 bridgehead atoms. The number of ether oxygens (including phenoxy) is 3. The number of nitrogens with one attached hydrogen (secondary N) is 2. The average Bonchev–Trinajstić information content (AvgIpc) is 3.01. The number of carbonyl (C=O) groups excluding carboxylic acids is 2. The Morgan fingerprint density at radius 1 is 0.976 bits per heavy atom. The molecule has 224 valence electrons. The van der Waals surface area contributed by atoms with Crippen molar-refractivity contribution in [3.8, 4) is 0 Å². The van der Waals surface area contributed by atoms with E-state index in [9.17, 15) is 14.7 Å². The number of carbonyl (C=O) groups is 2. The highest BCUT2D eigenvalue weighted by Gasteiger charge is 2.39. The summed E-state index contributed by atoms with van der Waals surface area (Å²) in [5.41, 5.74) is 4.49. The minimum absolute atomic E-state index is 0.0148. The number of aliphatic hydroxyl groups excluding tert-OH is 1. The molecule has 42 heavy (non-hydrogen) atoms. The lowest BCUT2D eigenvalue weighted by molar-refractivity contribution is -0.276. The van der Waals surface area contributed by atoms with E-state index in [1.807, 2.05) is 42.5 Å². The van der Waals surface area contributed by atoms with Gasteiger partial charge in [0.05, 0.1) is 25.4 Å². The van der Waals surface area contributed by atoms with E-state index in [2.05, 4.69) is 60.7 Å². The van der Waals surface area contributed by atoms with Crippen molar-refractivity contribution in [2.24, 2.45) is 5.92 Å². The first kappa shape index (κ1) is 31.2. The monoisotopic (exact) mass is 575 g/mol. The fourth-order valence-corrected chi connectivity index (χ4v) is 5.02. The maximum absolute atomic E-state index is 12.2. The largest absolute Gasteiger partial charge is 0.465 e. The lowest BCUT2D eigenvalue weighted by Gasteiger charge is -2.43. The number of hydrogen-bond donors (Lipinski definition) is 3. The molecular formula is C33H41N3O6. The zero-order valence-electron chi connectivity index (χ0n) is 24.7. The molecule has 9 heteroatoms. The molecule has 0 saturated carbocycles. The Morgan fingerprint density at radius 2 is 1.64 bits per heavy atom. The molecule has 9 nitrogen and oxygen atoms in total. The van der Waals surface area contributed by atoms with E-state index in [-0.39, 0.29) is 43.9 Å². The van der Waals surface area contributed by atoms with Gasteiger partial charge in [-0.3, -0.25) is 9.69 Å². The summed E-state index contributed by atoms with van der Waals surface area (Å²) in [6.45, 7) is 6.78. The first-order chi connectivity index (χ1) is 20.3. The molecule has 0 aromatic heterocycles. The fourth-order valence-electron chi connectivity index (χ4n) is 5.02. The Balaban J connectivity index is 1.49. The first-order valence-corrected chi connectivity index (χ1v) is 14.3. The molecule has 0 unspecified atom stereocenters. The van der Waals surface area contributed by atoms with Crippen molar-refractivity contribution in [1.82, 2.24) is 10.2 Å². The van der Waals surface area contributed by atoms with Crippen LogP contribution in [0.2, 0.25) is 0 Å².